The van der Waals surface area contributed by atoms with Crippen molar-refractivity contribution >= 4 is 22.5 Å². The van der Waals surface area contributed by atoms with Crippen molar-refractivity contribution in [1.29, 1.82) is 0 Å². The molecule has 5 rings (SSSR count). The van der Waals surface area contributed by atoms with Crippen LogP contribution in [0.4, 0.5) is 5.82 Å². The summed E-state index contributed by atoms with van der Waals surface area (Å²) in [7, 11) is 1.85. The Morgan fingerprint density at radius 3 is 2.65 bits per heavy atom. The maximum Gasteiger partial charge on any atom is 0.228 e. The number of aryl methyl sites for hydroxylation is 1. The number of anilines is 1. The van der Waals surface area contributed by atoms with Crippen molar-refractivity contribution in [2.45, 2.75) is 31.7 Å². The summed E-state index contributed by atoms with van der Waals surface area (Å²) in [5, 5.41) is 13.3. The van der Waals surface area contributed by atoms with E-state index in [1.54, 1.807) is 10.9 Å². The van der Waals surface area contributed by atoms with Gasteiger partial charge in [-0.3, -0.25) is 14.4 Å². The average Bonchev–Trinajstić information content (AvgIpc) is 3.25. The first-order chi connectivity index (χ1) is 15.2. The molecule has 1 N–H and O–H groups in total. The lowest BCUT2D eigenvalue weighted by Crippen LogP contribution is -2.45. The smallest absolute Gasteiger partial charge is 0.228 e. The van der Waals surface area contributed by atoms with Crippen molar-refractivity contribution in [1.82, 2.24) is 24.9 Å². The van der Waals surface area contributed by atoms with Gasteiger partial charge in [0.15, 0.2) is 0 Å². The molecule has 2 fully saturated rings. The summed E-state index contributed by atoms with van der Waals surface area (Å²) in [5.41, 5.74) is 1.81. The highest BCUT2D eigenvalue weighted by Gasteiger charge is 2.30. The van der Waals surface area contributed by atoms with E-state index in [1.165, 1.54) is 0 Å². The minimum Gasteiger partial charge on any atom is -0.379 e. The van der Waals surface area contributed by atoms with Crippen molar-refractivity contribution in [2.24, 2.45) is 13.0 Å². The lowest BCUT2D eigenvalue weighted by atomic mass is 9.84. The van der Waals surface area contributed by atoms with Crippen molar-refractivity contribution in [3.8, 4) is 11.3 Å². The van der Waals surface area contributed by atoms with Gasteiger partial charge in [0.05, 0.1) is 19.4 Å². The summed E-state index contributed by atoms with van der Waals surface area (Å²) in [6.07, 6.45) is 7.70. The molecular formula is C23H28N6O2. The van der Waals surface area contributed by atoms with Crippen LogP contribution in [0.2, 0.25) is 0 Å². The minimum atomic E-state index is 0.0562. The van der Waals surface area contributed by atoms with Gasteiger partial charge < -0.3 is 10.1 Å². The molecule has 2 aromatic heterocycles. The Morgan fingerprint density at radius 1 is 1.10 bits per heavy atom. The van der Waals surface area contributed by atoms with Gasteiger partial charge >= 0.3 is 0 Å². The molecule has 31 heavy (non-hydrogen) atoms. The third-order valence-corrected chi connectivity index (χ3v) is 6.50. The number of amides is 1. The van der Waals surface area contributed by atoms with Crippen LogP contribution in [0.15, 0.2) is 36.7 Å². The van der Waals surface area contributed by atoms with Crippen LogP contribution >= 0.6 is 0 Å². The number of ether oxygens (including phenoxy) is 1. The zero-order valence-electron chi connectivity index (χ0n) is 17.8. The number of carbonyl (C=O) groups excluding carboxylic acids is 1. The zero-order valence-corrected chi connectivity index (χ0v) is 17.8. The molecule has 1 aliphatic heterocycles. The summed E-state index contributed by atoms with van der Waals surface area (Å²) < 4.78 is 7.15. The second-order valence-corrected chi connectivity index (χ2v) is 8.55. The first-order valence-corrected chi connectivity index (χ1v) is 11.0. The summed E-state index contributed by atoms with van der Waals surface area (Å²) in [5.74, 6) is 0.738. The second-order valence-electron chi connectivity index (χ2n) is 8.55. The highest BCUT2D eigenvalue weighted by atomic mass is 16.5. The molecule has 8 heteroatoms. The van der Waals surface area contributed by atoms with E-state index >= 15 is 0 Å². The Labute approximate surface area is 181 Å². The van der Waals surface area contributed by atoms with E-state index in [9.17, 15) is 4.79 Å². The Hall–Kier alpha value is -2.84. The van der Waals surface area contributed by atoms with Crippen molar-refractivity contribution in [3.63, 3.8) is 0 Å². The van der Waals surface area contributed by atoms with Crippen LogP contribution in [-0.2, 0) is 16.6 Å². The van der Waals surface area contributed by atoms with Crippen LogP contribution in [0.25, 0.3) is 22.0 Å². The molecule has 0 bridgehead atoms. The van der Waals surface area contributed by atoms with Gasteiger partial charge in [-0.05, 0) is 43.2 Å². The van der Waals surface area contributed by atoms with Gasteiger partial charge in [0, 0.05) is 49.2 Å². The molecule has 1 aliphatic carbocycles. The topological polar surface area (TPSA) is 85.2 Å². The Kier molecular flexibility index (Phi) is 5.65. The molecule has 2 aliphatic rings. The Morgan fingerprint density at radius 2 is 1.90 bits per heavy atom. The lowest BCUT2D eigenvalue weighted by Gasteiger charge is -2.38. The van der Waals surface area contributed by atoms with Crippen LogP contribution in [0.3, 0.4) is 0 Å². The number of nitrogens with one attached hydrogen (secondary N) is 1. The van der Waals surface area contributed by atoms with E-state index in [1.807, 2.05) is 31.4 Å². The molecule has 0 atom stereocenters. The predicted molar refractivity (Wildman–Crippen MR) is 119 cm³/mol. The fraction of sp³-hybridized carbons (Fsp3) is 0.478. The maximum atomic E-state index is 12.9. The minimum absolute atomic E-state index is 0.0562. The fourth-order valence-electron chi connectivity index (χ4n) is 4.72. The highest BCUT2D eigenvalue weighted by molar-refractivity contribution is 5.95. The third-order valence-electron chi connectivity index (χ3n) is 6.50. The zero-order chi connectivity index (χ0) is 21.2. The van der Waals surface area contributed by atoms with Crippen molar-refractivity contribution in [3.05, 3.63) is 36.7 Å². The molecule has 162 valence electrons. The fourth-order valence-corrected chi connectivity index (χ4v) is 4.72. The normalized spacial score (nSPS) is 22.5. The van der Waals surface area contributed by atoms with E-state index in [2.05, 4.69) is 31.6 Å². The number of hydrogen-bond donors (Lipinski definition) is 1. The maximum absolute atomic E-state index is 12.9. The van der Waals surface area contributed by atoms with Crippen LogP contribution < -0.4 is 5.32 Å². The standard InChI is InChI=1S/C23H28N6O2/c1-28-15-21(26-27-28)17-2-3-18-14-24-22(13-19(18)12-17)25-23(30)16-4-6-20(7-5-16)29-8-10-31-11-9-29/h2-3,12-16,20H,4-11H2,1H3,(H,24,25,30). The van der Waals surface area contributed by atoms with E-state index in [4.69, 9.17) is 4.74 Å². The van der Waals surface area contributed by atoms with Gasteiger partial charge in [0.25, 0.3) is 0 Å². The SMILES string of the molecule is Cn1cc(-c2ccc3cnc(NC(=O)C4CCC(N5CCOCC5)CC4)cc3c2)nn1. The Bertz CT molecular complexity index is 1070. The molecule has 8 nitrogen and oxygen atoms in total. The Balaban J connectivity index is 1.24. The average molecular weight is 421 g/mol. The monoisotopic (exact) mass is 420 g/mol. The molecule has 0 unspecified atom stereocenters. The molecule has 3 aromatic rings. The largest absolute Gasteiger partial charge is 0.379 e. The number of carbonyl (C=O) groups is 1. The molecule has 1 aromatic carbocycles. The van der Waals surface area contributed by atoms with E-state index in [-0.39, 0.29) is 11.8 Å². The number of fused-ring (bicyclic) bond motifs is 1. The van der Waals surface area contributed by atoms with Gasteiger partial charge in [0.2, 0.25) is 5.91 Å². The van der Waals surface area contributed by atoms with Gasteiger partial charge in [-0.15, -0.1) is 5.10 Å². The molecular weight excluding hydrogens is 392 g/mol. The quantitative estimate of drug-likeness (QED) is 0.699. The number of morpholine rings is 1. The first-order valence-electron chi connectivity index (χ1n) is 11.0. The van der Waals surface area contributed by atoms with Crippen molar-refractivity contribution in [2.75, 3.05) is 31.6 Å². The van der Waals surface area contributed by atoms with Gasteiger partial charge in [-0.1, -0.05) is 17.3 Å². The van der Waals surface area contributed by atoms with E-state index in [0.29, 0.717) is 11.9 Å². The molecule has 1 amide bonds. The number of benzene rings is 1. The number of aromatic nitrogens is 4. The van der Waals surface area contributed by atoms with Gasteiger partial charge in [-0.2, -0.15) is 0 Å². The summed E-state index contributed by atoms with van der Waals surface area (Å²) >= 11 is 0. The van der Waals surface area contributed by atoms with E-state index in [0.717, 1.165) is 74.0 Å². The number of pyridine rings is 1. The molecule has 1 saturated heterocycles. The van der Waals surface area contributed by atoms with Crippen LogP contribution in [0.5, 0.6) is 0 Å². The van der Waals surface area contributed by atoms with Crippen LogP contribution in [0.1, 0.15) is 25.7 Å². The second kappa shape index (κ2) is 8.72. The number of nitrogens with zero attached hydrogens (tertiary/aromatic N) is 5. The van der Waals surface area contributed by atoms with Crippen LogP contribution in [-0.4, -0.2) is 63.1 Å². The predicted octanol–water partition coefficient (Wildman–Crippen LogP) is 2.86. The number of rotatable bonds is 4. The highest BCUT2D eigenvalue weighted by Crippen LogP contribution is 2.29. The van der Waals surface area contributed by atoms with Crippen LogP contribution in [0, 0.1) is 5.92 Å². The van der Waals surface area contributed by atoms with Gasteiger partial charge in [-0.25, -0.2) is 4.98 Å². The van der Waals surface area contributed by atoms with Gasteiger partial charge in [0.1, 0.15) is 11.5 Å². The van der Waals surface area contributed by atoms with E-state index < -0.39 is 0 Å². The summed E-state index contributed by atoms with van der Waals surface area (Å²) in [4.78, 5) is 19.8. The molecule has 0 spiro atoms. The molecule has 3 heterocycles. The number of hydrogen-bond acceptors (Lipinski definition) is 6. The van der Waals surface area contributed by atoms with Crippen molar-refractivity contribution < 1.29 is 9.53 Å². The summed E-state index contributed by atoms with van der Waals surface area (Å²) in [6, 6.07) is 8.62. The molecule has 0 radical (unpaired) electrons. The molecule has 1 saturated carbocycles. The third kappa shape index (κ3) is 4.45. The summed E-state index contributed by atoms with van der Waals surface area (Å²) in [6.45, 7) is 3.68. The lowest BCUT2D eigenvalue weighted by molar-refractivity contribution is -0.121. The first kappa shape index (κ1) is 20.1.